The van der Waals surface area contributed by atoms with E-state index in [0.29, 0.717) is 6.54 Å². The monoisotopic (exact) mass is 269 g/mol. The predicted molar refractivity (Wildman–Crippen MR) is 77.3 cm³/mol. The highest BCUT2D eigenvalue weighted by Gasteiger charge is 2.52. The van der Waals surface area contributed by atoms with Crippen LogP contribution in [0.25, 0.3) is 0 Å². The van der Waals surface area contributed by atoms with Gasteiger partial charge in [-0.1, -0.05) is 24.3 Å². The summed E-state index contributed by atoms with van der Waals surface area (Å²) >= 11 is 0. The third kappa shape index (κ3) is 2.57. The van der Waals surface area contributed by atoms with Crippen molar-refractivity contribution in [1.82, 2.24) is 0 Å². The first kappa shape index (κ1) is 15.5. The van der Waals surface area contributed by atoms with Crippen molar-refractivity contribution < 1.29 is 9.31 Å². The van der Waals surface area contributed by atoms with E-state index < -0.39 is 0 Å². The molecule has 1 aromatic rings. The lowest BCUT2D eigenvalue weighted by Crippen LogP contribution is -2.41. The highest BCUT2D eigenvalue weighted by molar-refractivity contribution is 6.62. The van der Waals surface area contributed by atoms with Crippen LogP contribution in [0.1, 0.15) is 33.3 Å². The normalized spacial score (nSPS) is 20.6. The van der Waals surface area contributed by atoms with Gasteiger partial charge in [-0.3, -0.25) is 0 Å². The number of hydrogen-bond donors (Lipinski definition) is 1. The van der Waals surface area contributed by atoms with Crippen molar-refractivity contribution in [2.45, 2.75) is 45.4 Å². The first-order valence-electron chi connectivity index (χ1n) is 6.01. The Morgan fingerprint density at radius 3 is 2.06 bits per heavy atom. The van der Waals surface area contributed by atoms with Crippen LogP contribution >= 0.6 is 12.4 Å². The van der Waals surface area contributed by atoms with Gasteiger partial charge in [0.2, 0.25) is 0 Å². The molecule has 0 aromatic heterocycles. The van der Waals surface area contributed by atoms with Crippen molar-refractivity contribution in [3.8, 4) is 0 Å². The molecule has 1 saturated heterocycles. The van der Waals surface area contributed by atoms with Crippen molar-refractivity contribution >= 4 is 25.0 Å². The van der Waals surface area contributed by atoms with Crippen molar-refractivity contribution in [1.29, 1.82) is 0 Å². The molecule has 0 spiro atoms. The highest BCUT2D eigenvalue weighted by Crippen LogP contribution is 2.36. The van der Waals surface area contributed by atoms with Gasteiger partial charge in [0, 0.05) is 6.54 Å². The lowest BCUT2D eigenvalue weighted by atomic mass is 9.76. The van der Waals surface area contributed by atoms with Crippen LogP contribution < -0.4 is 11.2 Å². The summed E-state index contributed by atoms with van der Waals surface area (Å²) in [6.45, 7) is 8.71. The third-order valence-electron chi connectivity index (χ3n) is 3.78. The number of rotatable bonds is 2. The summed E-state index contributed by atoms with van der Waals surface area (Å²) in [4.78, 5) is 0. The Morgan fingerprint density at radius 2 is 1.56 bits per heavy atom. The molecule has 0 bridgehead atoms. The van der Waals surface area contributed by atoms with Crippen LogP contribution in [-0.4, -0.2) is 18.3 Å². The molecular weight excluding hydrogens is 248 g/mol. The second-order valence-electron chi connectivity index (χ2n) is 5.49. The van der Waals surface area contributed by atoms with E-state index in [9.17, 15) is 0 Å². The van der Waals surface area contributed by atoms with Gasteiger partial charge in [0.15, 0.2) is 0 Å². The van der Waals surface area contributed by atoms with Crippen LogP contribution in [0.15, 0.2) is 24.3 Å². The van der Waals surface area contributed by atoms with Gasteiger partial charge in [-0.2, -0.15) is 0 Å². The molecule has 0 atom stereocenters. The van der Waals surface area contributed by atoms with Gasteiger partial charge in [-0.25, -0.2) is 0 Å². The van der Waals surface area contributed by atoms with E-state index in [0.717, 1.165) is 11.0 Å². The molecule has 0 unspecified atom stereocenters. The molecule has 1 aromatic carbocycles. The standard InChI is InChI=1S/C13H20BNO2.ClH/c1-12(2)13(3,4)17-14(16-12)11-8-6-5-7-10(11)9-15;/h5-8H,9,15H2,1-4H3;1H. The van der Waals surface area contributed by atoms with Crippen LogP contribution in [0.3, 0.4) is 0 Å². The summed E-state index contributed by atoms with van der Waals surface area (Å²) in [5.74, 6) is 0. The Bertz CT molecular complexity index is 407. The minimum Gasteiger partial charge on any atom is -0.399 e. The summed E-state index contributed by atoms with van der Waals surface area (Å²) < 4.78 is 12.0. The Hall–Kier alpha value is -0.545. The van der Waals surface area contributed by atoms with E-state index in [2.05, 4.69) is 27.7 Å². The molecule has 0 radical (unpaired) electrons. The average Bonchev–Trinajstić information content (AvgIpc) is 2.48. The van der Waals surface area contributed by atoms with Gasteiger partial charge in [0.25, 0.3) is 0 Å². The van der Waals surface area contributed by atoms with Gasteiger partial charge in [0.05, 0.1) is 11.2 Å². The third-order valence-corrected chi connectivity index (χ3v) is 3.78. The maximum absolute atomic E-state index is 6.01. The minimum absolute atomic E-state index is 0. The van der Waals surface area contributed by atoms with Crippen molar-refractivity contribution in [2.75, 3.05) is 0 Å². The lowest BCUT2D eigenvalue weighted by molar-refractivity contribution is 0.00578. The highest BCUT2D eigenvalue weighted by atomic mass is 35.5. The second kappa shape index (κ2) is 5.21. The number of halogens is 1. The summed E-state index contributed by atoms with van der Waals surface area (Å²) in [5, 5.41) is 0. The molecule has 18 heavy (non-hydrogen) atoms. The van der Waals surface area contributed by atoms with Gasteiger partial charge in [0.1, 0.15) is 0 Å². The molecule has 100 valence electrons. The first-order valence-corrected chi connectivity index (χ1v) is 6.01. The zero-order valence-electron chi connectivity index (χ0n) is 11.4. The smallest absolute Gasteiger partial charge is 0.399 e. The first-order chi connectivity index (χ1) is 7.87. The SMILES string of the molecule is CC1(C)OB(c2ccccc2CN)OC1(C)C.Cl. The molecule has 3 nitrogen and oxygen atoms in total. The fourth-order valence-corrected chi connectivity index (χ4v) is 1.92. The fraction of sp³-hybridized carbons (Fsp3) is 0.538. The second-order valence-corrected chi connectivity index (χ2v) is 5.49. The Labute approximate surface area is 116 Å². The fourth-order valence-electron chi connectivity index (χ4n) is 1.92. The summed E-state index contributed by atoms with van der Waals surface area (Å²) in [6, 6.07) is 8.00. The quantitative estimate of drug-likeness (QED) is 0.834. The van der Waals surface area contributed by atoms with Gasteiger partial charge >= 0.3 is 7.12 Å². The average molecular weight is 270 g/mol. The van der Waals surface area contributed by atoms with Gasteiger partial charge in [-0.05, 0) is 38.7 Å². The van der Waals surface area contributed by atoms with Crippen LogP contribution in [0.2, 0.25) is 0 Å². The molecule has 2 rings (SSSR count). The summed E-state index contributed by atoms with van der Waals surface area (Å²) in [6.07, 6.45) is 0. The molecule has 1 fully saturated rings. The van der Waals surface area contributed by atoms with Crippen LogP contribution in [0.4, 0.5) is 0 Å². The van der Waals surface area contributed by atoms with E-state index in [-0.39, 0.29) is 30.7 Å². The molecule has 0 amide bonds. The maximum atomic E-state index is 6.01. The topological polar surface area (TPSA) is 44.5 Å². The molecule has 0 saturated carbocycles. The van der Waals surface area contributed by atoms with Crippen LogP contribution in [0.5, 0.6) is 0 Å². The zero-order valence-corrected chi connectivity index (χ0v) is 12.2. The van der Waals surface area contributed by atoms with E-state index >= 15 is 0 Å². The van der Waals surface area contributed by atoms with E-state index in [1.807, 2.05) is 24.3 Å². The molecule has 5 heteroatoms. The van der Waals surface area contributed by atoms with E-state index in [1.165, 1.54) is 0 Å². The Balaban J connectivity index is 0.00000162. The van der Waals surface area contributed by atoms with Gasteiger partial charge < -0.3 is 15.0 Å². The summed E-state index contributed by atoms with van der Waals surface area (Å²) in [5.41, 5.74) is 7.24. The Morgan fingerprint density at radius 1 is 1.06 bits per heavy atom. The number of hydrogen-bond acceptors (Lipinski definition) is 3. The van der Waals surface area contributed by atoms with Crippen molar-refractivity contribution in [2.24, 2.45) is 5.73 Å². The zero-order chi connectivity index (χ0) is 12.7. The molecular formula is C13H21BClNO2. The maximum Gasteiger partial charge on any atom is 0.495 e. The molecule has 2 N–H and O–H groups in total. The van der Waals surface area contributed by atoms with Gasteiger partial charge in [-0.15, -0.1) is 12.4 Å². The largest absolute Gasteiger partial charge is 0.495 e. The van der Waals surface area contributed by atoms with E-state index in [1.54, 1.807) is 0 Å². The lowest BCUT2D eigenvalue weighted by Gasteiger charge is -2.32. The Kier molecular flexibility index (Phi) is 4.49. The van der Waals surface area contributed by atoms with Crippen LogP contribution in [0, 0.1) is 0 Å². The molecule has 1 aliphatic rings. The summed E-state index contributed by atoms with van der Waals surface area (Å²) in [7, 11) is -0.320. The van der Waals surface area contributed by atoms with E-state index in [4.69, 9.17) is 15.0 Å². The molecule has 1 aliphatic heterocycles. The van der Waals surface area contributed by atoms with Crippen LogP contribution in [-0.2, 0) is 15.9 Å². The minimum atomic E-state index is -0.320. The number of benzene rings is 1. The predicted octanol–water partition coefficient (Wildman–Crippen LogP) is 1.87. The molecule has 1 heterocycles. The molecule has 0 aliphatic carbocycles. The number of nitrogens with two attached hydrogens (primary N) is 1. The van der Waals surface area contributed by atoms with Crippen molar-refractivity contribution in [3.63, 3.8) is 0 Å². The van der Waals surface area contributed by atoms with Crippen molar-refractivity contribution in [3.05, 3.63) is 29.8 Å².